The van der Waals surface area contributed by atoms with Crippen LogP contribution in [-0.2, 0) is 6.42 Å². The van der Waals surface area contributed by atoms with Gasteiger partial charge in [-0.2, -0.15) is 0 Å². The van der Waals surface area contributed by atoms with Crippen LogP contribution < -0.4 is 14.4 Å². The van der Waals surface area contributed by atoms with Crippen molar-refractivity contribution < 1.29 is 14.3 Å². The molecule has 1 aliphatic carbocycles. The Morgan fingerprint density at radius 1 is 1.07 bits per heavy atom. The van der Waals surface area contributed by atoms with Gasteiger partial charge in [0.15, 0.2) is 5.78 Å². The van der Waals surface area contributed by atoms with Crippen LogP contribution in [-0.4, -0.2) is 68.1 Å². The number of nitrogens with zero attached hydrogens (tertiary/aromatic N) is 4. The molecule has 0 N–H and O–H groups in total. The average molecular weight is 382 g/mol. The number of benzene rings is 1. The third-order valence-electron chi connectivity index (χ3n) is 5.69. The molecule has 0 bridgehead atoms. The van der Waals surface area contributed by atoms with E-state index in [9.17, 15) is 4.79 Å². The number of hydrogen-bond acceptors (Lipinski definition) is 7. The molecule has 1 atom stereocenters. The first kappa shape index (κ1) is 18.7. The Kier molecular flexibility index (Phi) is 5.17. The van der Waals surface area contributed by atoms with Crippen molar-refractivity contribution in [2.45, 2.75) is 18.8 Å². The number of rotatable bonds is 4. The monoisotopic (exact) mass is 382 g/mol. The highest BCUT2D eigenvalue weighted by Crippen LogP contribution is 2.38. The van der Waals surface area contributed by atoms with E-state index in [1.807, 2.05) is 18.2 Å². The van der Waals surface area contributed by atoms with Crippen molar-refractivity contribution in [1.82, 2.24) is 14.9 Å². The molecular weight excluding hydrogens is 356 g/mol. The molecule has 0 spiro atoms. The molecule has 2 aliphatic rings. The number of ether oxygens (including phenoxy) is 2. The minimum atomic E-state index is 0.0381. The fraction of sp³-hybridized carbons (Fsp3) is 0.476. The lowest BCUT2D eigenvalue weighted by atomic mass is 9.82. The Balaban J connectivity index is 1.62. The van der Waals surface area contributed by atoms with Crippen molar-refractivity contribution in [2.24, 2.45) is 0 Å². The van der Waals surface area contributed by atoms with Crippen LogP contribution in [0.3, 0.4) is 0 Å². The van der Waals surface area contributed by atoms with E-state index in [1.165, 1.54) is 0 Å². The van der Waals surface area contributed by atoms with Gasteiger partial charge < -0.3 is 19.3 Å². The van der Waals surface area contributed by atoms with Crippen LogP contribution >= 0.6 is 0 Å². The molecule has 0 amide bonds. The third kappa shape index (κ3) is 3.54. The number of carbonyl (C=O) groups is 1. The molecule has 7 heteroatoms. The number of carbonyl (C=O) groups excluding carboxylic acids is 1. The van der Waals surface area contributed by atoms with E-state index in [0.717, 1.165) is 54.9 Å². The summed E-state index contributed by atoms with van der Waals surface area (Å²) < 4.78 is 10.8. The first-order valence-electron chi connectivity index (χ1n) is 9.63. The summed E-state index contributed by atoms with van der Waals surface area (Å²) in [6, 6.07) is 5.77. The average Bonchev–Trinajstić information content (AvgIpc) is 2.73. The number of anilines is 1. The molecule has 0 radical (unpaired) electrons. The summed E-state index contributed by atoms with van der Waals surface area (Å²) in [5, 5.41) is 0. The van der Waals surface area contributed by atoms with E-state index in [0.29, 0.717) is 18.4 Å². The molecule has 148 valence electrons. The van der Waals surface area contributed by atoms with Crippen LogP contribution in [0.15, 0.2) is 24.4 Å². The molecule has 4 rings (SSSR count). The van der Waals surface area contributed by atoms with Gasteiger partial charge >= 0.3 is 0 Å². The highest BCUT2D eigenvalue weighted by atomic mass is 16.5. The van der Waals surface area contributed by atoms with Crippen molar-refractivity contribution in [3.05, 3.63) is 41.2 Å². The van der Waals surface area contributed by atoms with E-state index in [4.69, 9.17) is 14.5 Å². The number of hydrogen-bond donors (Lipinski definition) is 0. The summed E-state index contributed by atoms with van der Waals surface area (Å²) in [5.74, 6) is 2.34. The second kappa shape index (κ2) is 7.75. The van der Waals surface area contributed by atoms with Crippen molar-refractivity contribution in [1.29, 1.82) is 0 Å². The normalized spacial score (nSPS) is 20.0. The Bertz CT molecular complexity index is 878. The summed E-state index contributed by atoms with van der Waals surface area (Å²) in [7, 11) is 5.40. The molecule has 1 aromatic heterocycles. The van der Waals surface area contributed by atoms with E-state index in [2.05, 4.69) is 21.8 Å². The van der Waals surface area contributed by atoms with Gasteiger partial charge in [-0.1, -0.05) is 6.07 Å². The molecular formula is C21H26N4O3. The summed E-state index contributed by atoms with van der Waals surface area (Å²) in [6.45, 7) is 3.79. The van der Waals surface area contributed by atoms with E-state index in [1.54, 1.807) is 20.4 Å². The maximum atomic E-state index is 12.8. The maximum absolute atomic E-state index is 12.8. The van der Waals surface area contributed by atoms with Crippen molar-refractivity contribution >= 4 is 11.7 Å². The van der Waals surface area contributed by atoms with Gasteiger partial charge in [0.1, 0.15) is 11.5 Å². The molecule has 0 saturated carbocycles. The standard InChI is InChI=1S/C21H26N4O3/c1-24-6-8-25(9-7-24)21-22-13-17-18(23-21)10-14(11-19(17)26)16-5-4-15(27-2)12-20(16)28-3/h4-5,12-14H,6-11H2,1-3H3/t14-/m1/s1. The van der Waals surface area contributed by atoms with Crippen LogP contribution in [0.1, 0.15) is 34.0 Å². The highest BCUT2D eigenvalue weighted by Gasteiger charge is 2.30. The van der Waals surface area contributed by atoms with E-state index < -0.39 is 0 Å². The fourth-order valence-electron chi connectivity index (χ4n) is 3.97. The lowest BCUT2D eigenvalue weighted by Crippen LogP contribution is -2.45. The van der Waals surface area contributed by atoms with Crippen LogP contribution in [0.5, 0.6) is 11.5 Å². The molecule has 1 aliphatic heterocycles. The van der Waals surface area contributed by atoms with Gasteiger partial charge in [0, 0.05) is 50.8 Å². The lowest BCUT2D eigenvalue weighted by molar-refractivity contribution is 0.0962. The summed E-state index contributed by atoms with van der Waals surface area (Å²) in [6.07, 6.45) is 2.85. The van der Waals surface area contributed by atoms with Crippen molar-refractivity contribution in [2.75, 3.05) is 52.3 Å². The number of methoxy groups -OCH3 is 2. The Morgan fingerprint density at radius 3 is 2.57 bits per heavy atom. The van der Waals surface area contributed by atoms with Gasteiger partial charge in [-0.05, 0) is 25.1 Å². The molecule has 1 fully saturated rings. The van der Waals surface area contributed by atoms with E-state index in [-0.39, 0.29) is 11.7 Å². The molecule has 1 saturated heterocycles. The minimum Gasteiger partial charge on any atom is -0.497 e. The molecule has 1 aromatic carbocycles. The summed E-state index contributed by atoms with van der Waals surface area (Å²) in [5.41, 5.74) is 2.51. The minimum absolute atomic E-state index is 0.0381. The molecule has 0 unspecified atom stereocenters. The van der Waals surface area contributed by atoms with Gasteiger partial charge in [-0.15, -0.1) is 0 Å². The largest absolute Gasteiger partial charge is 0.497 e. The Hall–Kier alpha value is -2.67. The first-order chi connectivity index (χ1) is 13.6. The molecule has 2 heterocycles. The maximum Gasteiger partial charge on any atom is 0.225 e. The predicted octanol–water partition coefficient (Wildman–Crippen LogP) is 2.16. The Labute approximate surface area is 165 Å². The van der Waals surface area contributed by atoms with E-state index >= 15 is 0 Å². The van der Waals surface area contributed by atoms with Crippen molar-refractivity contribution in [3.8, 4) is 11.5 Å². The summed E-state index contributed by atoms with van der Waals surface area (Å²) in [4.78, 5) is 26.5. The fourth-order valence-corrected chi connectivity index (χ4v) is 3.97. The van der Waals surface area contributed by atoms with Crippen LogP contribution in [0.25, 0.3) is 0 Å². The zero-order valence-corrected chi connectivity index (χ0v) is 16.6. The van der Waals surface area contributed by atoms with Gasteiger partial charge in [-0.3, -0.25) is 4.79 Å². The summed E-state index contributed by atoms with van der Waals surface area (Å²) >= 11 is 0. The first-order valence-corrected chi connectivity index (χ1v) is 9.63. The van der Waals surface area contributed by atoms with Gasteiger partial charge in [0.25, 0.3) is 0 Å². The topological polar surface area (TPSA) is 67.8 Å². The molecule has 2 aromatic rings. The second-order valence-electron chi connectivity index (χ2n) is 7.46. The van der Waals surface area contributed by atoms with Crippen LogP contribution in [0.2, 0.25) is 0 Å². The lowest BCUT2D eigenvalue weighted by Gasteiger charge is -2.33. The number of Topliss-reactive ketones (excluding diaryl/α,β-unsaturated/α-hetero) is 1. The van der Waals surface area contributed by atoms with Crippen LogP contribution in [0, 0.1) is 0 Å². The van der Waals surface area contributed by atoms with Crippen molar-refractivity contribution in [3.63, 3.8) is 0 Å². The SMILES string of the molecule is COc1ccc([C@H]2CC(=O)c3cnc(N4CCN(C)CC4)nc3C2)c(OC)c1. The van der Waals surface area contributed by atoms with Gasteiger partial charge in [0.2, 0.25) is 5.95 Å². The number of piperazine rings is 1. The smallest absolute Gasteiger partial charge is 0.225 e. The quantitative estimate of drug-likeness (QED) is 0.803. The zero-order chi connectivity index (χ0) is 19.7. The number of ketones is 1. The number of likely N-dealkylation sites (N-methyl/N-ethyl adjacent to an activating group) is 1. The van der Waals surface area contributed by atoms with Crippen LogP contribution in [0.4, 0.5) is 5.95 Å². The molecule has 28 heavy (non-hydrogen) atoms. The number of fused-ring (bicyclic) bond motifs is 1. The highest BCUT2D eigenvalue weighted by molar-refractivity contribution is 5.98. The second-order valence-corrected chi connectivity index (χ2v) is 7.46. The third-order valence-corrected chi connectivity index (χ3v) is 5.69. The number of aromatic nitrogens is 2. The Morgan fingerprint density at radius 2 is 1.86 bits per heavy atom. The zero-order valence-electron chi connectivity index (χ0n) is 16.6. The van der Waals surface area contributed by atoms with Gasteiger partial charge in [-0.25, -0.2) is 9.97 Å². The molecule has 7 nitrogen and oxygen atoms in total. The predicted molar refractivity (Wildman–Crippen MR) is 107 cm³/mol. The van der Waals surface area contributed by atoms with Gasteiger partial charge in [0.05, 0.1) is 25.5 Å².